The lowest BCUT2D eigenvalue weighted by Gasteiger charge is -2.38. The number of rotatable bonds is 7. The molecule has 1 saturated heterocycles. The summed E-state index contributed by atoms with van der Waals surface area (Å²) in [6.45, 7) is 7.08. The molecule has 1 fully saturated rings. The number of aliphatic imine (C=N–C) groups is 1. The number of para-hydroxylation sites is 1. The molecule has 0 aromatic heterocycles. The highest BCUT2D eigenvalue weighted by molar-refractivity contribution is 14.0. The molecular formula is C17H27FIN3O2. The highest BCUT2D eigenvalue weighted by atomic mass is 127. The molecule has 1 aliphatic heterocycles. The van der Waals surface area contributed by atoms with E-state index in [1.54, 1.807) is 25.2 Å². The van der Waals surface area contributed by atoms with Gasteiger partial charge in [0.05, 0.1) is 19.8 Å². The third-order valence-electron chi connectivity index (χ3n) is 3.89. The van der Waals surface area contributed by atoms with E-state index in [9.17, 15) is 4.39 Å². The highest BCUT2D eigenvalue weighted by Crippen LogP contribution is 2.24. The largest absolute Gasteiger partial charge is 0.486 e. The number of ether oxygens (including phenoxy) is 2. The Morgan fingerprint density at radius 2 is 2.08 bits per heavy atom. The van der Waals surface area contributed by atoms with E-state index in [0.29, 0.717) is 12.5 Å². The fraction of sp³-hybridized carbons (Fsp3) is 0.588. The second-order valence-electron chi connectivity index (χ2n) is 6.19. The van der Waals surface area contributed by atoms with E-state index < -0.39 is 0 Å². The van der Waals surface area contributed by atoms with E-state index in [0.717, 1.165) is 26.2 Å². The van der Waals surface area contributed by atoms with Gasteiger partial charge in [0, 0.05) is 19.0 Å². The van der Waals surface area contributed by atoms with Gasteiger partial charge in [0.25, 0.3) is 0 Å². The van der Waals surface area contributed by atoms with Gasteiger partial charge in [-0.2, -0.15) is 0 Å². The molecule has 1 atom stereocenters. The lowest BCUT2D eigenvalue weighted by atomic mass is 9.89. The van der Waals surface area contributed by atoms with E-state index in [2.05, 4.69) is 22.5 Å². The van der Waals surface area contributed by atoms with Crippen molar-refractivity contribution in [3.05, 3.63) is 30.1 Å². The molecule has 0 amide bonds. The average Bonchev–Trinajstić information content (AvgIpc) is 2.53. The summed E-state index contributed by atoms with van der Waals surface area (Å²) in [4.78, 5) is 4.20. The second kappa shape index (κ2) is 10.0. The van der Waals surface area contributed by atoms with E-state index >= 15 is 0 Å². The molecule has 7 heteroatoms. The van der Waals surface area contributed by atoms with Crippen molar-refractivity contribution in [2.24, 2.45) is 10.4 Å². The zero-order chi connectivity index (χ0) is 16.7. The Balaban J connectivity index is 0.00000288. The number of hydrogen-bond acceptors (Lipinski definition) is 3. The molecule has 2 N–H and O–H groups in total. The first-order valence-electron chi connectivity index (χ1n) is 8.00. The molecule has 1 aromatic rings. The van der Waals surface area contributed by atoms with Crippen LogP contribution in [-0.4, -0.2) is 45.4 Å². The topological polar surface area (TPSA) is 54.9 Å². The van der Waals surface area contributed by atoms with Crippen molar-refractivity contribution < 1.29 is 13.9 Å². The molecule has 1 unspecified atom stereocenters. The Labute approximate surface area is 160 Å². The van der Waals surface area contributed by atoms with Gasteiger partial charge in [-0.15, -0.1) is 24.0 Å². The third kappa shape index (κ3) is 6.08. The van der Waals surface area contributed by atoms with Crippen molar-refractivity contribution in [2.45, 2.75) is 26.4 Å². The van der Waals surface area contributed by atoms with Crippen molar-refractivity contribution in [1.82, 2.24) is 10.6 Å². The minimum atomic E-state index is -0.341. The SMILES string of the molecule is CCC(CNC(=NC)NCC1(C)COC1)Oc1ccccc1F.I. The zero-order valence-electron chi connectivity index (χ0n) is 14.5. The molecule has 24 heavy (non-hydrogen) atoms. The molecular weight excluding hydrogens is 424 g/mol. The normalized spacial score (nSPS) is 17.2. The van der Waals surface area contributed by atoms with Gasteiger partial charge in [-0.05, 0) is 18.6 Å². The summed E-state index contributed by atoms with van der Waals surface area (Å²) in [6.07, 6.45) is 0.636. The van der Waals surface area contributed by atoms with E-state index in [4.69, 9.17) is 9.47 Å². The molecule has 0 radical (unpaired) electrons. The van der Waals surface area contributed by atoms with Gasteiger partial charge < -0.3 is 20.1 Å². The summed E-state index contributed by atoms with van der Waals surface area (Å²) in [7, 11) is 1.73. The lowest BCUT2D eigenvalue weighted by molar-refractivity contribution is -0.0971. The van der Waals surface area contributed by atoms with Gasteiger partial charge >= 0.3 is 0 Å². The van der Waals surface area contributed by atoms with E-state index in [1.807, 2.05) is 6.92 Å². The maximum absolute atomic E-state index is 13.7. The quantitative estimate of drug-likeness (QED) is 0.381. The molecule has 136 valence electrons. The molecule has 0 spiro atoms. The number of halogens is 2. The predicted molar refractivity (Wildman–Crippen MR) is 105 cm³/mol. The summed E-state index contributed by atoms with van der Waals surface area (Å²) in [5, 5.41) is 6.53. The van der Waals surface area contributed by atoms with Crippen LogP contribution in [0.5, 0.6) is 5.75 Å². The van der Waals surface area contributed by atoms with Crippen molar-refractivity contribution in [3.8, 4) is 5.75 Å². The molecule has 0 bridgehead atoms. The van der Waals surface area contributed by atoms with Crippen LogP contribution in [0.2, 0.25) is 0 Å². The lowest BCUT2D eigenvalue weighted by Crippen LogP contribution is -2.51. The van der Waals surface area contributed by atoms with Gasteiger partial charge in [0.2, 0.25) is 0 Å². The van der Waals surface area contributed by atoms with Crippen LogP contribution in [-0.2, 0) is 4.74 Å². The van der Waals surface area contributed by atoms with Gasteiger partial charge in [-0.25, -0.2) is 4.39 Å². The third-order valence-corrected chi connectivity index (χ3v) is 3.89. The van der Waals surface area contributed by atoms with Crippen LogP contribution in [0, 0.1) is 11.2 Å². The first-order valence-corrected chi connectivity index (χ1v) is 8.00. The van der Waals surface area contributed by atoms with Gasteiger partial charge in [0.1, 0.15) is 6.10 Å². The molecule has 0 saturated carbocycles. The number of nitrogens with one attached hydrogen (secondary N) is 2. The van der Waals surface area contributed by atoms with Crippen LogP contribution in [0.1, 0.15) is 20.3 Å². The standard InChI is InChI=1S/C17H26FN3O2.HI/c1-4-13(23-15-8-6-5-7-14(15)18)9-20-16(19-3)21-10-17(2)11-22-12-17;/h5-8,13H,4,9-12H2,1-3H3,(H2,19,20,21);1H. The highest BCUT2D eigenvalue weighted by Gasteiger charge is 2.33. The predicted octanol–water partition coefficient (Wildman–Crippen LogP) is 2.80. The monoisotopic (exact) mass is 451 g/mol. The maximum Gasteiger partial charge on any atom is 0.191 e. The molecule has 5 nitrogen and oxygen atoms in total. The number of guanidine groups is 1. The van der Waals surface area contributed by atoms with Gasteiger partial charge in [-0.3, -0.25) is 4.99 Å². The zero-order valence-corrected chi connectivity index (χ0v) is 16.8. The number of nitrogens with zero attached hydrogens (tertiary/aromatic N) is 1. The van der Waals surface area contributed by atoms with Crippen LogP contribution in [0.15, 0.2) is 29.3 Å². The summed E-state index contributed by atoms with van der Waals surface area (Å²) in [6, 6.07) is 6.46. The molecule has 1 heterocycles. The summed E-state index contributed by atoms with van der Waals surface area (Å²) in [5.74, 6) is 0.656. The van der Waals surface area contributed by atoms with Gasteiger partial charge in [0.15, 0.2) is 17.5 Å². The smallest absolute Gasteiger partial charge is 0.191 e. The Morgan fingerprint density at radius 3 is 2.62 bits per heavy atom. The number of benzene rings is 1. The fourth-order valence-corrected chi connectivity index (χ4v) is 2.27. The number of hydrogen-bond donors (Lipinski definition) is 2. The molecule has 1 aliphatic rings. The van der Waals surface area contributed by atoms with Crippen molar-refractivity contribution in [1.29, 1.82) is 0 Å². The minimum Gasteiger partial charge on any atom is -0.486 e. The van der Waals surface area contributed by atoms with Crippen molar-refractivity contribution in [2.75, 3.05) is 33.4 Å². The first-order chi connectivity index (χ1) is 11.1. The first kappa shape index (κ1) is 21.0. The average molecular weight is 451 g/mol. The Morgan fingerprint density at radius 1 is 1.38 bits per heavy atom. The van der Waals surface area contributed by atoms with Crippen LogP contribution < -0.4 is 15.4 Å². The summed E-state index contributed by atoms with van der Waals surface area (Å²) >= 11 is 0. The second-order valence-corrected chi connectivity index (χ2v) is 6.19. The molecule has 2 rings (SSSR count). The van der Waals surface area contributed by atoms with Gasteiger partial charge in [-0.1, -0.05) is 26.0 Å². The maximum atomic E-state index is 13.7. The Kier molecular flexibility index (Phi) is 8.75. The fourth-order valence-electron chi connectivity index (χ4n) is 2.27. The van der Waals surface area contributed by atoms with Crippen molar-refractivity contribution >= 4 is 29.9 Å². The van der Waals surface area contributed by atoms with Crippen LogP contribution in [0.25, 0.3) is 0 Å². The summed E-state index contributed by atoms with van der Waals surface area (Å²) in [5.41, 5.74) is 0.172. The summed E-state index contributed by atoms with van der Waals surface area (Å²) < 4.78 is 24.6. The Bertz CT molecular complexity index is 538. The van der Waals surface area contributed by atoms with Crippen molar-refractivity contribution in [3.63, 3.8) is 0 Å². The Hall–Kier alpha value is -1.09. The van der Waals surface area contributed by atoms with E-state index in [1.165, 1.54) is 6.07 Å². The van der Waals surface area contributed by atoms with Crippen LogP contribution >= 0.6 is 24.0 Å². The minimum absolute atomic E-state index is 0. The molecule has 0 aliphatic carbocycles. The van der Waals surface area contributed by atoms with Crippen LogP contribution in [0.4, 0.5) is 4.39 Å². The van der Waals surface area contributed by atoms with Crippen LogP contribution in [0.3, 0.4) is 0 Å². The molecule has 1 aromatic carbocycles. The van der Waals surface area contributed by atoms with E-state index in [-0.39, 0.29) is 47.1 Å².